The lowest BCUT2D eigenvalue weighted by atomic mass is 10.3. The molecule has 1 aromatic heterocycles. The summed E-state index contributed by atoms with van der Waals surface area (Å²) in [5, 5.41) is 11.5. The van der Waals surface area contributed by atoms with Crippen LogP contribution in [0.25, 0.3) is 0 Å². The minimum Gasteiger partial charge on any atom is -0.465 e. The minimum atomic E-state index is -0.850. The van der Waals surface area contributed by atoms with Gasteiger partial charge >= 0.3 is 12.1 Å². The predicted octanol–water partition coefficient (Wildman–Crippen LogP) is 1.64. The van der Waals surface area contributed by atoms with Gasteiger partial charge in [0.2, 0.25) is 0 Å². The molecule has 0 bridgehead atoms. The zero-order valence-electron chi connectivity index (χ0n) is 10.4. The normalized spacial score (nSPS) is 28.1. The number of carbonyl (C=O) groups excluding carboxylic acids is 1. The summed E-state index contributed by atoms with van der Waals surface area (Å²) in [7, 11) is 0. The van der Waals surface area contributed by atoms with Gasteiger partial charge in [-0.3, -0.25) is 0 Å². The zero-order valence-corrected chi connectivity index (χ0v) is 11.2. The summed E-state index contributed by atoms with van der Waals surface area (Å²) in [5.74, 6) is 0.682. The SMILES string of the molecule is CCOC(=O)c1csc([C@@H]2[C@@H]3CN(C(=O)O)C[C@@H]32)n1. The van der Waals surface area contributed by atoms with E-state index >= 15 is 0 Å². The van der Waals surface area contributed by atoms with Gasteiger partial charge in [-0.05, 0) is 18.8 Å². The van der Waals surface area contributed by atoms with Crippen LogP contribution in [0, 0.1) is 11.8 Å². The Morgan fingerprint density at radius 3 is 2.79 bits per heavy atom. The molecule has 1 aliphatic carbocycles. The first-order chi connectivity index (χ1) is 9.11. The Bertz CT molecular complexity index is 518. The lowest BCUT2D eigenvalue weighted by Crippen LogP contribution is -2.29. The van der Waals surface area contributed by atoms with E-state index in [4.69, 9.17) is 9.84 Å². The summed E-state index contributed by atoms with van der Waals surface area (Å²) in [6, 6.07) is 0. The number of fused-ring (bicyclic) bond motifs is 1. The average Bonchev–Trinajstić information content (AvgIpc) is 2.82. The summed E-state index contributed by atoms with van der Waals surface area (Å²) in [6.45, 7) is 3.27. The summed E-state index contributed by atoms with van der Waals surface area (Å²) >= 11 is 1.46. The maximum atomic E-state index is 11.5. The van der Waals surface area contributed by atoms with E-state index in [1.165, 1.54) is 16.2 Å². The molecule has 1 amide bonds. The van der Waals surface area contributed by atoms with Crippen molar-refractivity contribution < 1.29 is 19.4 Å². The number of nitrogens with zero attached hydrogens (tertiary/aromatic N) is 2. The quantitative estimate of drug-likeness (QED) is 0.853. The van der Waals surface area contributed by atoms with Crippen molar-refractivity contribution in [3.8, 4) is 0 Å². The first-order valence-corrected chi connectivity index (χ1v) is 7.10. The van der Waals surface area contributed by atoms with Crippen molar-refractivity contribution in [1.82, 2.24) is 9.88 Å². The molecule has 1 saturated carbocycles. The highest BCUT2D eigenvalue weighted by atomic mass is 32.1. The smallest absolute Gasteiger partial charge is 0.407 e. The Balaban J connectivity index is 1.64. The van der Waals surface area contributed by atoms with Crippen LogP contribution in [0.5, 0.6) is 0 Å². The number of carboxylic acid groups (broad SMARTS) is 1. The summed E-state index contributed by atoms with van der Waals surface area (Å²) < 4.78 is 4.90. The van der Waals surface area contributed by atoms with Crippen LogP contribution in [0.4, 0.5) is 4.79 Å². The third-order valence-corrected chi connectivity index (χ3v) is 4.70. The minimum absolute atomic E-state index is 0.323. The number of hydrogen-bond donors (Lipinski definition) is 1. The van der Waals surface area contributed by atoms with E-state index in [1.807, 2.05) is 0 Å². The number of amides is 1. The van der Waals surface area contributed by atoms with Crippen LogP contribution in [-0.2, 0) is 4.74 Å². The van der Waals surface area contributed by atoms with Crippen molar-refractivity contribution >= 4 is 23.4 Å². The molecule has 2 aliphatic rings. The number of ether oxygens (including phenoxy) is 1. The number of rotatable bonds is 3. The second kappa shape index (κ2) is 4.48. The topological polar surface area (TPSA) is 79.7 Å². The summed E-state index contributed by atoms with van der Waals surface area (Å²) in [5.41, 5.74) is 0.363. The van der Waals surface area contributed by atoms with E-state index in [-0.39, 0.29) is 5.97 Å². The standard InChI is InChI=1S/C12H14N2O4S/c1-2-18-11(15)8-5-19-10(13-8)9-6-3-14(12(16)17)4-7(6)9/h5-7,9H,2-4H2,1H3,(H,16,17)/t6-,7+,9-. The predicted molar refractivity (Wildman–Crippen MR) is 67.4 cm³/mol. The van der Waals surface area contributed by atoms with Gasteiger partial charge in [-0.2, -0.15) is 0 Å². The van der Waals surface area contributed by atoms with Gasteiger partial charge in [0.25, 0.3) is 0 Å². The number of piperidine rings is 1. The van der Waals surface area contributed by atoms with Crippen LogP contribution < -0.4 is 0 Å². The van der Waals surface area contributed by atoms with Gasteiger partial charge in [-0.25, -0.2) is 14.6 Å². The molecule has 102 valence electrons. The molecule has 7 heteroatoms. The zero-order chi connectivity index (χ0) is 13.6. The molecule has 1 aromatic rings. The molecule has 0 spiro atoms. The van der Waals surface area contributed by atoms with Gasteiger partial charge in [0.05, 0.1) is 11.6 Å². The van der Waals surface area contributed by atoms with E-state index in [1.54, 1.807) is 12.3 Å². The average molecular weight is 282 g/mol. The van der Waals surface area contributed by atoms with E-state index < -0.39 is 6.09 Å². The second-order valence-electron chi connectivity index (χ2n) is 4.83. The monoisotopic (exact) mass is 282 g/mol. The van der Waals surface area contributed by atoms with Crippen LogP contribution >= 0.6 is 11.3 Å². The molecule has 1 saturated heterocycles. The molecule has 0 unspecified atom stereocenters. The largest absolute Gasteiger partial charge is 0.465 e. The van der Waals surface area contributed by atoms with Crippen LogP contribution in [0.3, 0.4) is 0 Å². The maximum absolute atomic E-state index is 11.5. The number of thiazole rings is 1. The molecule has 2 fully saturated rings. The fourth-order valence-electron chi connectivity index (χ4n) is 2.79. The van der Waals surface area contributed by atoms with Crippen LogP contribution in [0.15, 0.2) is 5.38 Å². The van der Waals surface area contributed by atoms with Gasteiger partial charge < -0.3 is 14.7 Å². The molecule has 2 heterocycles. The number of carbonyl (C=O) groups is 2. The molecular formula is C12H14N2O4S. The van der Waals surface area contributed by atoms with Gasteiger partial charge in [-0.1, -0.05) is 0 Å². The number of hydrogen-bond acceptors (Lipinski definition) is 5. The van der Waals surface area contributed by atoms with Crippen LogP contribution in [0.2, 0.25) is 0 Å². The van der Waals surface area contributed by atoms with E-state index in [9.17, 15) is 9.59 Å². The van der Waals surface area contributed by atoms with E-state index in [0.717, 1.165) is 5.01 Å². The fourth-order valence-corrected chi connectivity index (χ4v) is 3.83. The van der Waals surface area contributed by atoms with Crippen molar-refractivity contribution in [1.29, 1.82) is 0 Å². The highest BCUT2D eigenvalue weighted by molar-refractivity contribution is 7.10. The Labute approximate surface area is 114 Å². The molecule has 19 heavy (non-hydrogen) atoms. The van der Waals surface area contributed by atoms with E-state index in [2.05, 4.69) is 4.98 Å². The second-order valence-corrected chi connectivity index (χ2v) is 5.72. The lowest BCUT2D eigenvalue weighted by molar-refractivity contribution is 0.0520. The molecule has 3 rings (SSSR count). The van der Waals surface area contributed by atoms with Crippen molar-refractivity contribution in [2.75, 3.05) is 19.7 Å². The van der Waals surface area contributed by atoms with Gasteiger partial charge in [0.1, 0.15) is 0 Å². The molecule has 1 aliphatic heterocycles. The third kappa shape index (κ3) is 2.07. The summed E-state index contributed by atoms with van der Waals surface area (Å²) in [4.78, 5) is 28.1. The molecule has 3 atom stereocenters. The van der Waals surface area contributed by atoms with E-state index in [0.29, 0.717) is 43.1 Å². The number of aromatic nitrogens is 1. The Kier molecular flexibility index (Phi) is 2.93. The number of likely N-dealkylation sites (tertiary alicyclic amines) is 1. The molecule has 0 radical (unpaired) electrons. The maximum Gasteiger partial charge on any atom is 0.407 e. The van der Waals surface area contributed by atoms with Crippen molar-refractivity contribution in [3.63, 3.8) is 0 Å². The Morgan fingerprint density at radius 1 is 1.53 bits per heavy atom. The first-order valence-electron chi connectivity index (χ1n) is 6.22. The number of esters is 1. The lowest BCUT2D eigenvalue weighted by Gasteiger charge is -2.14. The molecule has 0 aromatic carbocycles. The van der Waals surface area contributed by atoms with Crippen molar-refractivity contribution in [2.45, 2.75) is 12.8 Å². The summed E-state index contributed by atoms with van der Waals surface area (Å²) in [6.07, 6.45) is -0.850. The van der Waals surface area contributed by atoms with Crippen molar-refractivity contribution in [2.24, 2.45) is 11.8 Å². The van der Waals surface area contributed by atoms with Crippen LogP contribution in [0.1, 0.15) is 28.3 Å². The highest BCUT2D eigenvalue weighted by Crippen LogP contribution is 2.58. The van der Waals surface area contributed by atoms with Crippen LogP contribution in [-0.4, -0.2) is 46.7 Å². The molecular weight excluding hydrogens is 268 g/mol. The first kappa shape index (κ1) is 12.4. The van der Waals surface area contributed by atoms with Crippen molar-refractivity contribution in [3.05, 3.63) is 16.1 Å². The molecule has 6 nitrogen and oxygen atoms in total. The third-order valence-electron chi connectivity index (χ3n) is 3.76. The Morgan fingerprint density at radius 2 is 2.21 bits per heavy atom. The Hall–Kier alpha value is -1.63. The fraction of sp³-hybridized carbons (Fsp3) is 0.583. The highest BCUT2D eigenvalue weighted by Gasteiger charge is 2.58. The van der Waals surface area contributed by atoms with Gasteiger partial charge in [0, 0.05) is 24.4 Å². The molecule has 1 N–H and O–H groups in total. The van der Waals surface area contributed by atoms with Gasteiger partial charge in [0.15, 0.2) is 5.69 Å². The van der Waals surface area contributed by atoms with Gasteiger partial charge in [-0.15, -0.1) is 11.3 Å².